The van der Waals surface area contributed by atoms with Crippen molar-refractivity contribution >= 4 is 17.3 Å². The highest BCUT2D eigenvalue weighted by molar-refractivity contribution is 5.64. The van der Waals surface area contributed by atoms with E-state index in [0.717, 1.165) is 11.2 Å². The van der Waals surface area contributed by atoms with E-state index >= 15 is 0 Å². The van der Waals surface area contributed by atoms with Crippen molar-refractivity contribution in [3.63, 3.8) is 0 Å². The van der Waals surface area contributed by atoms with E-state index in [2.05, 4.69) is 20.3 Å². The number of aromatic nitrogens is 4. The number of fused-ring (bicyclic) bond motifs is 1. The van der Waals surface area contributed by atoms with Gasteiger partial charge in [0, 0.05) is 31.3 Å². The van der Waals surface area contributed by atoms with Crippen LogP contribution in [-0.4, -0.2) is 19.4 Å². The number of pyridine rings is 1. The molecule has 0 bridgehead atoms. The van der Waals surface area contributed by atoms with Crippen LogP contribution in [0.25, 0.3) is 5.65 Å². The topological polar surface area (TPSA) is 81.1 Å². The van der Waals surface area contributed by atoms with Gasteiger partial charge in [0.2, 0.25) is 0 Å². The molecule has 0 saturated heterocycles. The number of nitrogen functional groups attached to an aromatic ring is 1. The summed E-state index contributed by atoms with van der Waals surface area (Å²) >= 11 is 0. The Balaban J connectivity index is 1.90. The standard InChI is InChI=1S/C13H14N6/c1-9-6-15-3-2-10(9)7-17-12-13-16-4-5-19(13)8-11(14)18-12/h2-6,8H,7,14H2,1H3,(H,17,18). The van der Waals surface area contributed by atoms with E-state index in [4.69, 9.17) is 5.73 Å². The van der Waals surface area contributed by atoms with Gasteiger partial charge in [0.15, 0.2) is 11.5 Å². The van der Waals surface area contributed by atoms with Crippen LogP contribution >= 0.6 is 0 Å². The Morgan fingerprint density at radius 2 is 2.26 bits per heavy atom. The molecule has 3 aromatic rings. The van der Waals surface area contributed by atoms with Gasteiger partial charge in [0.25, 0.3) is 0 Å². The van der Waals surface area contributed by atoms with Crippen LogP contribution in [-0.2, 0) is 6.54 Å². The molecule has 0 unspecified atom stereocenters. The van der Waals surface area contributed by atoms with E-state index < -0.39 is 0 Å². The zero-order chi connectivity index (χ0) is 13.2. The first-order valence-electron chi connectivity index (χ1n) is 5.96. The summed E-state index contributed by atoms with van der Waals surface area (Å²) in [6, 6.07) is 1.98. The summed E-state index contributed by atoms with van der Waals surface area (Å²) in [6.45, 7) is 2.69. The van der Waals surface area contributed by atoms with Crippen molar-refractivity contribution in [2.24, 2.45) is 0 Å². The van der Waals surface area contributed by atoms with Crippen molar-refractivity contribution in [2.45, 2.75) is 13.5 Å². The van der Waals surface area contributed by atoms with Crippen LogP contribution < -0.4 is 11.1 Å². The smallest absolute Gasteiger partial charge is 0.180 e. The van der Waals surface area contributed by atoms with Crippen LogP contribution in [0.5, 0.6) is 0 Å². The van der Waals surface area contributed by atoms with Crippen molar-refractivity contribution in [3.8, 4) is 0 Å². The van der Waals surface area contributed by atoms with Crippen LogP contribution in [0.4, 0.5) is 11.6 Å². The van der Waals surface area contributed by atoms with E-state index in [-0.39, 0.29) is 0 Å². The van der Waals surface area contributed by atoms with Gasteiger partial charge in [-0.05, 0) is 24.1 Å². The minimum absolute atomic E-state index is 0.458. The van der Waals surface area contributed by atoms with Gasteiger partial charge >= 0.3 is 0 Å². The number of anilines is 2. The Labute approximate surface area is 110 Å². The lowest BCUT2D eigenvalue weighted by atomic mass is 10.1. The lowest BCUT2D eigenvalue weighted by molar-refractivity contribution is 1.05. The number of nitrogens with one attached hydrogen (secondary N) is 1. The predicted molar refractivity (Wildman–Crippen MR) is 73.7 cm³/mol. The summed E-state index contributed by atoms with van der Waals surface area (Å²) in [4.78, 5) is 12.6. The molecular formula is C13H14N6. The van der Waals surface area contributed by atoms with Gasteiger partial charge in [-0.2, -0.15) is 0 Å². The van der Waals surface area contributed by atoms with Crippen LogP contribution in [0.2, 0.25) is 0 Å². The molecule has 0 radical (unpaired) electrons. The average molecular weight is 254 g/mol. The summed E-state index contributed by atoms with van der Waals surface area (Å²) < 4.78 is 1.85. The van der Waals surface area contributed by atoms with Gasteiger partial charge in [-0.15, -0.1) is 0 Å². The van der Waals surface area contributed by atoms with Crippen molar-refractivity contribution in [3.05, 3.63) is 48.2 Å². The summed E-state index contributed by atoms with van der Waals surface area (Å²) in [5.41, 5.74) is 8.85. The van der Waals surface area contributed by atoms with Gasteiger partial charge in [-0.1, -0.05) is 0 Å². The minimum Gasteiger partial charge on any atom is -0.382 e. The second kappa shape index (κ2) is 4.56. The highest BCUT2D eigenvalue weighted by Gasteiger charge is 2.06. The molecule has 0 atom stereocenters. The van der Waals surface area contributed by atoms with Gasteiger partial charge in [0.05, 0.1) is 6.20 Å². The third-order valence-corrected chi connectivity index (χ3v) is 2.98. The maximum absolute atomic E-state index is 5.77. The van der Waals surface area contributed by atoms with Crippen LogP contribution in [0, 0.1) is 6.92 Å². The highest BCUT2D eigenvalue weighted by Crippen LogP contribution is 2.16. The van der Waals surface area contributed by atoms with E-state index in [0.29, 0.717) is 18.2 Å². The molecule has 0 aliphatic heterocycles. The molecule has 96 valence electrons. The highest BCUT2D eigenvalue weighted by atomic mass is 15.1. The molecule has 0 aliphatic carbocycles. The molecule has 6 nitrogen and oxygen atoms in total. The predicted octanol–water partition coefficient (Wildman–Crippen LogP) is 1.63. The molecule has 0 amide bonds. The fraction of sp³-hybridized carbons (Fsp3) is 0.154. The minimum atomic E-state index is 0.458. The van der Waals surface area contributed by atoms with Crippen molar-refractivity contribution in [2.75, 3.05) is 11.1 Å². The maximum atomic E-state index is 5.77. The molecule has 0 aromatic carbocycles. The largest absolute Gasteiger partial charge is 0.382 e. The number of imidazole rings is 1. The maximum Gasteiger partial charge on any atom is 0.180 e. The quantitative estimate of drug-likeness (QED) is 0.742. The molecule has 3 rings (SSSR count). The van der Waals surface area contributed by atoms with E-state index in [1.54, 1.807) is 18.6 Å². The molecule has 0 aliphatic rings. The van der Waals surface area contributed by atoms with Crippen LogP contribution in [0.1, 0.15) is 11.1 Å². The summed E-state index contributed by atoms with van der Waals surface area (Å²) in [6.07, 6.45) is 8.93. The number of aryl methyl sites for hydroxylation is 1. The summed E-state index contributed by atoms with van der Waals surface area (Å²) in [5, 5.41) is 3.27. The molecular weight excluding hydrogens is 240 g/mol. The molecule has 0 fully saturated rings. The molecule has 3 aromatic heterocycles. The number of nitrogens with zero attached hydrogens (tertiary/aromatic N) is 4. The van der Waals surface area contributed by atoms with E-state index in [1.807, 2.05) is 29.8 Å². The number of rotatable bonds is 3. The first-order valence-corrected chi connectivity index (χ1v) is 5.96. The molecule has 19 heavy (non-hydrogen) atoms. The Hall–Kier alpha value is -2.63. The average Bonchev–Trinajstić information content (AvgIpc) is 2.85. The molecule has 0 spiro atoms. The van der Waals surface area contributed by atoms with Gasteiger partial charge < -0.3 is 15.5 Å². The van der Waals surface area contributed by atoms with Gasteiger partial charge in [-0.25, -0.2) is 9.97 Å². The Bertz CT molecular complexity index is 718. The third kappa shape index (κ3) is 2.20. The molecule has 6 heteroatoms. The number of hydrogen-bond donors (Lipinski definition) is 2. The first-order chi connectivity index (χ1) is 9.24. The lowest BCUT2D eigenvalue weighted by Gasteiger charge is -2.09. The van der Waals surface area contributed by atoms with E-state index in [9.17, 15) is 0 Å². The van der Waals surface area contributed by atoms with Crippen molar-refractivity contribution in [1.29, 1.82) is 0 Å². The normalized spacial score (nSPS) is 10.8. The van der Waals surface area contributed by atoms with E-state index in [1.165, 1.54) is 5.56 Å². The Morgan fingerprint density at radius 3 is 3.11 bits per heavy atom. The number of nitrogens with two attached hydrogens (primary N) is 1. The molecule has 0 saturated carbocycles. The zero-order valence-corrected chi connectivity index (χ0v) is 10.5. The van der Waals surface area contributed by atoms with Crippen LogP contribution in [0.3, 0.4) is 0 Å². The fourth-order valence-electron chi connectivity index (χ4n) is 1.95. The summed E-state index contributed by atoms with van der Waals surface area (Å²) in [7, 11) is 0. The zero-order valence-electron chi connectivity index (χ0n) is 10.5. The third-order valence-electron chi connectivity index (χ3n) is 2.98. The fourth-order valence-corrected chi connectivity index (χ4v) is 1.95. The van der Waals surface area contributed by atoms with Crippen molar-refractivity contribution < 1.29 is 0 Å². The first kappa shape index (κ1) is 11.5. The van der Waals surface area contributed by atoms with Crippen LogP contribution in [0.15, 0.2) is 37.1 Å². The second-order valence-corrected chi connectivity index (χ2v) is 4.33. The molecule has 3 N–H and O–H groups in total. The Kier molecular flexibility index (Phi) is 2.75. The monoisotopic (exact) mass is 254 g/mol. The molecule has 3 heterocycles. The lowest BCUT2D eigenvalue weighted by Crippen LogP contribution is -2.07. The van der Waals surface area contributed by atoms with Gasteiger partial charge in [0.1, 0.15) is 5.82 Å². The van der Waals surface area contributed by atoms with Gasteiger partial charge in [-0.3, -0.25) is 4.98 Å². The van der Waals surface area contributed by atoms with Crippen molar-refractivity contribution in [1.82, 2.24) is 19.4 Å². The Morgan fingerprint density at radius 1 is 1.37 bits per heavy atom. The SMILES string of the molecule is Cc1cnccc1CNc1nc(N)cn2ccnc12. The number of hydrogen-bond acceptors (Lipinski definition) is 5. The second-order valence-electron chi connectivity index (χ2n) is 4.33. The summed E-state index contributed by atoms with van der Waals surface area (Å²) in [5.74, 6) is 1.14.